The third kappa shape index (κ3) is 2.73. The van der Waals surface area contributed by atoms with E-state index < -0.39 is 23.4 Å². The zero-order valence-electron chi connectivity index (χ0n) is 12.8. The molecule has 130 valence electrons. The van der Waals surface area contributed by atoms with Crippen molar-refractivity contribution in [3.05, 3.63) is 68.5 Å². The highest BCUT2D eigenvalue weighted by atomic mass is 35.5. The van der Waals surface area contributed by atoms with Gasteiger partial charge in [0.1, 0.15) is 10.7 Å². The smallest absolute Gasteiger partial charge is 0.279 e. The Balaban J connectivity index is 1.81. The number of fused-ring (bicyclic) bond motifs is 1. The van der Waals surface area contributed by atoms with Gasteiger partial charge in [-0.15, -0.1) is 0 Å². The van der Waals surface area contributed by atoms with Crippen LogP contribution in [0.1, 0.15) is 4.88 Å². The van der Waals surface area contributed by atoms with E-state index in [1.165, 1.54) is 30.3 Å². The molecule has 0 aliphatic carbocycles. The van der Waals surface area contributed by atoms with Crippen LogP contribution in [0, 0.1) is 11.6 Å². The third-order valence-electron chi connectivity index (χ3n) is 3.69. The molecular formula is C17H8ClF2N3O2S. The number of anilines is 2. The van der Waals surface area contributed by atoms with E-state index in [1.54, 1.807) is 6.07 Å². The number of rotatable bonds is 3. The fourth-order valence-electron chi connectivity index (χ4n) is 2.55. The predicted octanol–water partition coefficient (Wildman–Crippen LogP) is 2.88. The number of hydrogen-bond donors (Lipinski definition) is 2. The van der Waals surface area contributed by atoms with E-state index in [0.717, 1.165) is 11.3 Å². The van der Waals surface area contributed by atoms with Crippen LogP contribution in [0.15, 0.2) is 41.4 Å². The number of aromatic hydroxyl groups is 1. The van der Waals surface area contributed by atoms with E-state index in [0.29, 0.717) is 5.36 Å². The lowest BCUT2D eigenvalue weighted by Crippen LogP contribution is -2.23. The van der Waals surface area contributed by atoms with Crippen molar-refractivity contribution in [2.75, 3.05) is 5.32 Å². The molecule has 2 heterocycles. The molecule has 2 N–H and O–H groups in total. The molecule has 9 heteroatoms. The molecule has 1 amide bonds. The molecule has 0 saturated heterocycles. The summed E-state index contributed by atoms with van der Waals surface area (Å²) in [5.74, 6) is -2.24. The lowest BCUT2D eigenvalue weighted by Gasteiger charge is -2.04. The summed E-state index contributed by atoms with van der Waals surface area (Å²) in [6.07, 6.45) is 0. The largest absolute Gasteiger partial charge is 0.492 e. The second-order valence-electron chi connectivity index (χ2n) is 5.35. The summed E-state index contributed by atoms with van der Waals surface area (Å²) in [5.41, 5.74) is 0.116. The maximum atomic E-state index is 14.0. The van der Waals surface area contributed by atoms with Crippen LogP contribution in [0.25, 0.3) is 5.57 Å². The Morgan fingerprint density at radius 3 is 2.81 bits per heavy atom. The lowest BCUT2D eigenvalue weighted by molar-refractivity contribution is -0.112. The van der Waals surface area contributed by atoms with Gasteiger partial charge in [-0.1, -0.05) is 29.0 Å². The number of benzene rings is 2. The number of halogens is 3. The van der Waals surface area contributed by atoms with E-state index in [1.807, 2.05) is 0 Å². The summed E-state index contributed by atoms with van der Waals surface area (Å²) in [6.45, 7) is 0. The van der Waals surface area contributed by atoms with Gasteiger partial charge in [-0.2, -0.15) is 4.98 Å². The number of nitrogens with zero attached hydrogens (tertiary/aromatic N) is 2. The standard InChI is InChI=1S/C17H8ClF2N3O2S/c18-9-2-1-3-11(13(9)20)22-17-23-16(25)14(26-17)12-8-6-7(19)4-5-10(8)21-15(12)24/h1-6,25H,(H,22,23). The molecule has 3 aromatic rings. The number of amides is 1. The van der Waals surface area contributed by atoms with Crippen LogP contribution in [0.3, 0.4) is 0 Å². The Labute approximate surface area is 153 Å². The van der Waals surface area contributed by atoms with Gasteiger partial charge in [0.2, 0.25) is 5.88 Å². The van der Waals surface area contributed by atoms with Crippen LogP contribution < -0.4 is 15.9 Å². The van der Waals surface area contributed by atoms with Gasteiger partial charge in [-0.05, 0) is 30.3 Å². The minimum Gasteiger partial charge on any atom is -0.492 e. The fourth-order valence-corrected chi connectivity index (χ4v) is 3.65. The van der Waals surface area contributed by atoms with Gasteiger partial charge in [0, 0.05) is 5.22 Å². The topological polar surface area (TPSA) is 74.6 Å². The van der Waals surface area contributed by atoms with Crippen molar-refractivity contribution in [3.63, 3.8) is 0 Å². The first-order chi connectivity index (χ1) is 12.4. The van der Waals surface area contributed by atoms with Gasteiger partial charge in [-0.3, -0.25) is 4.79 Å². The van der Waals surface area contributed by atoms with Crippen molar-refractivity contribution in [2.24, 2.45) is 4.99 Å². The number of carbonyl (C=O) groups is 1. The van der Waals surface area contributed by atoms with Gasteiger partial charge in [0.05, 0.1) is 21.6 Å². The molecule has 1 aliphatic rings. The first-order valence-corrected chi connectivity index (χ1v) is 8.47. The normalized spacial score (nSPS) is 12.9. The van der Waals surface area contributed by atoms with Crippen molar-refractivity contribution >= 4 is 45.2 Å². The molecule has 2 aromatic carbocycles. The molecule has 5 nitrogen and oxygen atoms in total. The molecule has 0 radical (unpaired) electrons. The quantitative estimate of drug-likeness (QED) is 0.720. The van der Waals surface area contributed by atoms with Crippen molar-refractivity contribution in [1.82, 2.24) is 4.98 Å². The number of carbonyl (C=O) groups excluding carboxylic acids is 1. The fraction of sp³-hybridized carbons (Fsp3) is 0. The monoisotopic (exact) mass is 391 g/mol. The molecule has 1 aliphatic heterocycles. The molecular weight excluding hydrogens is 384 g/mol. The number of thiazole rings is 1. The maximum Gasteiger partial charge on any atom is 0.279 e. The van der Waals surface area contributed by atoms with E-state index in [-0.39, 0.29) is 31.5 Å². The SMILES string of the molecule is O=C1N=c2ccc(F)cc2=C1c1sc(Nc2cccc(Cl)c2F)nc1O. The minimum absolute atomic E-state index is 0.0501. The van der Waals surface area contributed by atoms with Crippen molar-refractivity contribution in [2.45, 2.75) is 0 Å². The molecule has 0 spiro atoms. The average Bonchev–Trinajstić information content (AvgIpc) is 3.10. The zero-order valence-corrected chi connectivity index (χ0v) is 14.3. The van der Waals surface area contributed by atoms with E-state index in [9.17, 15) is 18.7 Å². The van der Waals surface area contributed by atoms with Gasteiger partial charge >= 0.3 is 0 Å². The summed E-state index contributed by atoms with van der Waals surface area (Å²) in [7, 11) is 0. The Kier molecular flexibility index (Phi) is 3.93. The van der Waals surface area contributed by atoms with Crippen LogP contribution in [-0.4, -0.2) is 16.0 Å². The molecule has 26 heavy (non-hydrogen) atoms. The van der Waals surface area contributed by atoms with Crippen LogP contribution in [-0.2, 0) is 4.79 Å². The van der Waals surface area contributed by atoms with Crippen LogP contribution in [0.2, 0.25) is 5.02 Å². The second-order valence-corrected chi connectivity index (χ2v) is 6.76. The first-order valence-electron chi connectivity index (χ1n) is 7.28. The average molecular weight is 392 g/mol. The highest BCUT2D eigenvalue weighted by Gasteiger charge is 2.25. The molecule has 0 atom stereocenters. The summed E-state index contributed by atoms with van der Waals surface area (Å²) < 4.78 is 27.5. The van der Waals surface area contributed by atoms with Crippen molar-refractivity contribution < 1.29 is 18.7 Å². The highest BCUT2D eigenvalue weighted by Crippen LogP contribution is 2.36. The van der Waals surface area contributed by atoms with Crippen LogP contribution in [0.4, 0.5) is 19.6 Å². The number of nitrogens with one attached hydrogen (secondary N) is 1. The Bertz CT molecular complexity index is 1190. The lowest BCUT2D eigenvalue weighted by atomic mass is 10.1. The van der Waals surface area contributed by atoms with E-state index in [4.69, 9.17) is 11.6 Å². The highest BCUT2D eigenvalue weighted by molar-refractivity contribution is 7.17. The molecule has 0 unspecified atom stereocenters. The predicted molar refractivity (Wildman–Crippen MR) is 93.2 cm³/mol. The maximum absolute atomic E-state index is 14.0. The summed E-state index contributed by atoms with van der Waals surface area (Å²) in [5, 5.41) is 13.5. The summed E-state index contributed by atoms with van der Waals surface area (Å²) in [4.78, 5) is 20.1. The van der Waals surface area contributed by atoms with Gasteiger partial charge in [0.15, 0.2) is 10.9 Å². The van der Waals surface area contributed by atoms with Crippen LogP contribution in [0.5, 0.6) is 5.88 Å². The first kappa shape index (κ1) is 16.6. The summed E-state index contributed by atoms with van der Waals surface area (Å²) >= 11 is 6.65. The third-order valence-corrected chi connectivity index (χ3v) is 4.96. The minimum atomic E-state index is -0.669. The molecule has 4 rings (SSSR count). The molecule has 1 aromatic heterocycles. The Morgan fingerprint density at radius 2 is 2.00 bits per heavy atom. The van der Waals surface area contributed by atoms with E-state index in [2.05, 4.69) is 15.3 Å². The molecule has 0 saturated carbocycles. The zero-order chi connectivity index (χ0) is 18.4. The Hall–Kier alpha value is -2.84. The van der Waals surface area contributed by atoms with Gasteiger partial charge in [0.25, 0.3) is 5.91 Å². The number of aromatic nitrogens is 1. The van der Waals surface area contributed by atoms with E-state index >= 15 is 0 Å². The van der Waals surface area contributed by atoms with Crippen molar-refractivity contribution in [1.29, 1.82) is 0 Å². The van der Waals surface area contributed by atoms with Gasteiger partial charge in [-0.25, -0.2) is 13.8 Å². The molecule has 0 bridgehead atoms. The molecule has 0 fully saturated rings. The van der Waals surface area contributed by atoms with Crippen molar-refractivity contribution in [3.8, 4) is 5.88 Å². The van der Waals surface area contributed by atoms with Gasteiger partial charge < -0.3 is 10.4 Å². The number of hydrogen-bond acceptors (Lipinski definition) is 5. The Morgan fingerprint density at radius 1 is 1.19 bits per heavy atom. The van der Waals surface area contributed by atoms with Crippen LogP contribution >= 0.6 is 22.9 Å². The second kappa shape index (κ2) is 6.15. The summed E-state index contributed by atoms with van der Waals surface area (Å²) in [6, 6.07) is 8.14.